The quantitative estimate of drug-likeness (QED) is 0.434. The molecule has 0 N–H and O–H groups in total. The Labute approximate surface area is 148 Å². The van der Waals surface area contributed by atoms with E-state index in [1.165, 1.54) is 0 Å². The average molecular weight is 391 g/mol. The van der Waals surface area contributed by atoms with E-state index in [-0.39, 0.29) is 5.69 Å². The number of piperazine rings is 1. The molecule has 0 bridgehead atoms. The Balaban J connectivity index is 2.29. The second kappa shape index (κ2) is 7.51. The summed E-state index contributed by atoms with van der Waals surface area (Å²) in [6.45, 7) is 2.69. The van der Waals surface area contributed by atoms with E-state index in [0.717, 1.165) is 12.1 Å². The van der Waals surface area contributed by atoms with Crippen molar-refractivity contribution in [2.75, 3.05) is 37.6 Å². The van der Waals surface area contributed by atoms with Crippen LogP contribution in [0.5, 0.6) is 0 Å². The third-order valence-corrected chi connectivity index (χ3v) is 5.53. The number of benzene rings is 1. The molecule has 0 saturated carbocycles. The molecule has 142 valence electrons. The number of rotatable bonds is 5. The second-order valence-corrected chi connectivity index (χ2v) is 7.58. The van der Waals surface area contributed by atoms with E-state index in [9.17, 15) is 31.7 Å². The Morgan fingerprint density at radius 2 is 1.85 bits per heavy atom. The third kappa shape index (κ3) is 4.08. The molecular weight excluding hydrogens is 375 g/mol. The lowest BCUT2D eigenvalue weighted by Crippen LogP contribution is -2.46. The zero-order chi connectivity index (χ0) is 19.5. The first-order chi connectivity index (χ1) is 12.1. The number of anilines is 1. The van der Waals surface area contributed by atoms with Crippen molar-refractivity contribution in [2.45, 2.75) is 16.8 Å². The Bertz CT molecular complexity index is 826. The maximum Gasteiger partial charge on any atom is 0.501 e. The van der Waals surface area contributed by atoms with E-state index < -0.39 is 30.9 Å². The van der Waals surface area contributed by atoms with E-state index in [1.54, 1.807) is 4.90 Å². The summed E-state index contributed by atoms with van der Waals surface area (Å²) in [5.74, 6) is 2.52. The van der Waals surface area contributed by atoms with Crippen molar-refractivity contribution in [1.82, 2.24) is 4.90 Å². The largest absolute Gasteiger partial charge is 0.501 e. The molecule has 1 aromatic carbocycles. The fraction of sp³-hybridized carbons (Fsp3) is 0.467. The van der Waals surface area contributed by atoms with Crippen LogP contribution in [0, 0.1) is 22.5 Å². The van der Waals surface area contributed by atoms with Crippen LogP contribution in [-0.4, -0.2) is 56.5 Å². The maximum atomic E-state index is 12.7. The van der Waals surface area contributed by atoms with E-state index in [1.807, 2.05) is 0 Å². The van der Waals surface area contributed by atoms with Crippen molar-refractivity contribution in [3.8, 4) is 12.3 Å². The molecule has 0 amide bonds. The number of nitro benzene ring substituents is 1. The van der Waals surface area contributed by atoms with Crippen molar-refractivity contribution in [1.29, 1.82) is 0 Å². The molecule has 0 aromatic heterocycles. The minimum absolute atomic E-state index is 0.0905. The van der Waals surface area contributed by atoms with Gasteiger partial charge in [-0.1, -0.05) is 0 Å². The molecule has 7 nitrogen and oxygen atoms in total. The number of alkyl halides is 3. The SMILES string of the molecule is C#CCCN1CCN(c2ccc(S(=O)(=O)C(F)(F)F)cc2[N+](=O)[O-])CC1. The summed E-state index contributed by atoms with van der Waals surface area (Å²) in [6, 6.07) is 2.26. The van der Waals surface area contributed by atoms with Crippen molar-refractivity contribution >= 4 is 21.2 Å². The Morgan fingerprint density at radius 1 is 1.23 bits per heavy atom. The molecule has 1 aromatic rings. The highest BCUT2D eigenvalue weighted by molar-refractivity contribution is 7.92. The van der Waals surface area contributed by atoms with Gasteiger partial charge >= 0.3 is 5.51 Å². The van der Waals surface area contributed by atoms with Gasteiger partial charge in [0.15, 0.2) is 0 Å². The van der Waals surface area contributed by atoms with Crippen molar-refractivity contribution in [3.63, 3.8) is 0 Å². The van der Waals surface area contributed by atoms with Crippen LogP contribution in [0.4, 0.5) is 24.5 Å². The van der Waals surface area contributed by atoms with Gasteiger partial charge in [-0.15, -0.1) is 12.3 Å². The lowest BCUT2D eigenvalue weighted by Gasteiger charge is -2.35. The van der Waals surface area contributed by atoms with Crippen LogP contribution >= 0.6 is 0 Å². The van der Waals surface area contributed by atoms with Gasteiger partial charge in [-0.3, -0.25) is 15.0 Å². The highest BCUT2D eigenvalue weighted by atomic mass is 32.2. The fourth-order valence-electron chi connectivity index (χ4n) is 2.65. The number of sulfone groups is 1. The van der Waals surface area contributed by atoms with Gasteiger partial charge < -0.3 is 4.90 Å². The molecule has 1 aliphatic heterocycles. The molecule has 2 rings (SSSR count). The zero-order valence-electron chi connectivity index (χ0n) is 13.6. The molecule has 0 spiro atoms. The molecule has 26 heavy (non-hydrogen) atoms. The third-order valence-electron chi connectivity index (χ3n) is 4.04. The van der Waals surface area contributed by atoms with E-state index in [0.29, 0.717) is 45.2 Å². The van der Waals surface area contributed by atoms with Crippen LogP contribution in [-0.2, 0) is 9.84 Å². The van der Waals surface area contributed by atoms with E-state index >= 15 is 0 Å². The highest BCUT2D eigenvalue weighted by Crippen LogP contribution is 2.36. The summed E-state index contributed by atoms with van der Waals surface area (Å²) in [5, 5.41) is 11.3. The van der Waals surface area contributed by atoms with Gasteiger partial charge in [0.2, 0.25) is 0 Å². The van der Waals surface area contributed by atoms with Gasteiger partial charge in [-0.25, -0.2) is 8.42 Å². The monoisotopic (exact) mass is 391 g/mol. The number of nitro groups is 1. The topological polar surface area (TPSA) is 83.8 Å². The number of nitrogens with zero attached hydrogens (tertiary/aromatic N) is 3. The summed E-state index contributed by atoms with van der Waals surface area (Å²) in [4.78, 5) is 13.0. The number of halogens is 3. The van der Waals surface area contributed by atoms with Crippen molar-refractivity contribution < 1.29 is 26.5 Å². The number of hydrogen-bond acceptors (Lipinski definition) is 6. The molecular formula is C15H16F3N3O4S. The average Bonchev–Trinajstić information content (AvgIpc) is 2.58. The first-order valence-electron chi connectivity index (χ1n) is 7.58. The molecule has 0 unspecified atom stereocenters. The fourth-order valence-corrected chi connectivity index (χ4v) is 3.43. The Kier molecular flexibility index (Phi) is 5.77. The summed E-state index contributed by atoms with van der Waals surface area (Å²) in [5.41, 5.74) is -6.11. The second-order valence-electron chi connectivity index (χ2n) is 5.64. The van der Waals surface area contributed by atoms with Crippen LogP contribution in [0.1, 0.15) is 6.42 Å². The van der Waals surface area contributed by atoms with Crippen LogP contribution in [0.3, 0.4) is 0 Å². The van der Waals surface area contributed by atoms with E-state index in [4.69, 9.17) is 6.42 Å². The van der Waals surface area contributed by atoms with Crippen LogP contribution in [0.15, 0.2) is 23.1 Å². The molecule has 1 aliphatic rings. The smallest absolute Gasteiger partial charge is 0.363 e. The first-order valence-corrected chi connectivity index (χ1v) is 9.07. The highest BCUT2D eigenvalue weighted by Gasteiger charge is 2.47. The van der Waals surface area contributed by atoms with Gasteiger partial charge in [-0.05, 0) is 12.1 Å². The van der Waals surface area contributed by atoms with Gasteiger partial charge in [0.25, 0.3) is 15.5 Å². The van der Waals surface area contributed by atoms with Gasteiger partial charge in [0.05, 0.1) is 9.82 Å². The lowest BCUT2D eigenvalue weighted by molar-refractivity contribution is -0.384. The molecule has 1 saturated heterocycles. The summed E-state index contributed by atoms with van der Waals surface area (Å²) in [6.07, 6.45) is 5.78. The molecule has 1 fully saturated rings. The maximum absolute atomic E-state index is 12.7. The lowest BCUT2D eigenvalue weighted by atomic mass is 10.2. The molecule has 0 atom stereocenters. The standard InChI is InChI=1S/C15H16F3N3O4S/c1-2-3-6-19-7-9-20(10-8-19)13-5-4-12(11-14(13)21(22)23)26(24,25)15(16,17)18/h1,4-5,11H,3,6-10H2. The first kappa shape index (κ1) is 20.0. The Hall–Kier alpha value is -2.32. The summed E-state index contributed by atoms with van der Waals surface area (Å²) in [7, 11) is -5.65. The normalized spacial score (nSPS) is 16.3. The minimum atomic E-state index is -5.65. The van der Waals surface area contributed by atoms with Crippen molar-refractivity contribution in [2.24, 2.45) is 0 Å². The zero-order valence-corrected chi connectivity index (χ0v) is 14.4. The number of hydrogen-bond donors (Lipinski definition) is 0. The van der Waals surface area contributed by atoms with Crippen molar-refractivity contribution in [3.05, 3.63) is 28.3 Å². The Morgan fingerprint density at radius 3 is 2.35 bits per heavy atom. The molecule has 11 heteroatoms. The van der Waals surface area contributed by atoms with Gasteiger partial charge in [-0.2, -0.15) is 13.2 Å². The van der Waals surface area contributed by atoms with E-state index in [2.05, 4.69) is 10.8 Å². The molecule has 0 aliphatic carbocycles. The predicted molar refractivity (Wildman–Crippen MR) is 88.4 cm³/mol. The summed E-state index contributed by atoms with van der Waals surface area (Å²) < 4.78 is 60.9. The van der Waals surface area contributed by atoms with Crippen LogP contribution in [0.25, 0.3) is 0 Å². The molecule has 1 heterocycles. The molecule has 0 radical (unpaired) electrons. The number of terminal acetylenes is 1. The minimum Gasteiger partial charge on any atom is -0.363 e. The van der Waals surface area contributed by atoms with Gasteiger partial charge in [0.1, 0.15) is 5.69 Å². The predicted octanol–water partition coefficient (Wildman–Crippen LogP) is 2.03. The van der Waals surface area contributed by atoms with Crippen LogP contribution in [0.2, 0.25) is 0 Å². The van der Waals surface area contributed by atoms with Gasteiger partial charge in [0, 0.05) is 45.2 Å². The summed E-state index contributed by atoms with van der Waals surface area (Å²) >= 11 is 0. The van der Waals surface area contributed by atoms with Crippen LogP contribution < -0.4 is 4.90 Å².